The van der Waals surface area contributed by atoms with Crippen molar-refractivity contribution in [2.45, 2.75) is 33.1 Å². The monoisotopic (exact) mass is 314 g/mol. The fourth-order valence-corrected chi connectivity index (χ4v) is 2.11. The lowest BCUT2D eigenvalue weighted by atomic mass is 9.84. The van der Waals surface area contributed by atoms with Crippen LogP contribution in [0.1, 0.15) is 33.1 Å². The van der Waals surface area contributed by atoms with Crippen LogP contribution in [0.3, 0.4) is 0 Å². The van der Waals surface area contributed by atoms with E-state index in [1.165, 1.54) is 12.1 Å². The van der Waals surface area contributed by atoms with Gasteiger partial charge < -0.3 is 10.4 Å². The van der Waals surface area contributed by atoms with E-state index in [0.717, 1.165) is 6.42 Å². The highest BCUT2D eigenvalue weighted by Gasteiger charge is 2.19. The molecule has 1 rings (SSSR count). The molecule has 0 aliphatic carbocycles. The molecule has 0 aromatic heterocycles. The lowest BCUT2D eigenvalue weighted by molar-refractivity contribution is -0.384. The van der Waals surface area contributed by atoms with Crippen LogP contribution in [0.5, 0.6) is 0 Å². The SMILES string of the molecule is CC(C)(CCNc1ccc([N+](=O)[O-])cc1Cl)CCC(=O)O. The van der Waals surface area contributed by atoms with Gasteiger partial charge in [0.05, 0.1) is 15.6 Å². The number of benzene rings is 1. The zero-order chi connectivity index (χ0) is 16.0. The normalized spacial score (nSPS) is 11.2. The molecule has 2 N–H and O–H groups in total. The average molecular weight is 315 g/mol. The third-order valence-electron chi connectivity index (χ3n) is 3.30. The van der Waals surface area contributed by atoms with Gasteiger partial charge in [0, 0.05) is 25.1 Å². The Kier molecular flexibility index (Phi) is 5.96. The summed E-state index contributed by atoms with van der Waals surface area (Å²) in [7, 11) is 0. The highest BCUT2D eigenvalue weighted by atomic mass is 35.5. The maximum Gasteiger partial charge on any atom is 0.303 e. The molecule has 0 bridgehead atoms. The molecule has 0 aliphatic rings. The summed E-state index contributed by atoms with van der Waals surface area (Å²) < 4.78 is 0. The number of hydrogen-bond donors (Lipinski definition) is 2. The maximum atomic E-state index is 10.6. The van der Waals surface area contributed by atoms with Crippen molar-refractivity contribution < 1.29 is 14.8 Å². The number of hydrogen-bond acceptors (Lipinski definition) is 4. The number of nitro benzene ring substituents is 1. The van der Waals surface area contributed by atoms with Gasteiger partial charge in [0.25, 0.3) is 5.69 Å². The number of anilines is 1. The Bertz CT molecular complexity index is 532. The second-order valence-electron chi connectivity index (χ2n) is 5.66. The van der Waals surface area contributed by atoms with Crippen molar-refractivity contribution in [3.05, 3.63) is 33.3 Å². The Hall–Kier alpha value is -1.82. The summed E-state index contributed by atoms with van der Waals surface area (Å²) in [6.45, 7) is 4.63. The fraction of sp³-hybridized carbons (Fsp3) is 0.500. The Morgan fingerprint density at radius 3 is 2.62 bits per heavy atom. The van der Waals surface area contributed by atoms with Gasteiger partial charge >= 0.3 is 5.97 Å². The molecule has 1 aromatic carbocycles. The predicted octanol–water partition coefficient (Wildman–Crippen LogP) is 3.94. The Morgan fingerprint density at radius 2 is 2.10 bits per heavy atom. The summed E-state index contributed by atoms with van der Waals surface area (Å²) in [6.07, 6.45) is 1.51. The first-order chi connectivity index (χ1) is 9.71. The van der Waals surface area contributed by atoms with Crippen molar-refractivity contribution in [2.75, 3.05) is 11.9 Å². The number of halogens is 1. The third kappa shape index (κ3) is 5.99. The molecule has 7 heteroatoms. The van der Waals surface area contributed by atoms with Crippen molar-refractivity contribution in [3.63, 3.8) is 0 Å². The molecule has 0 saturated heterocycles. The van der Waals surface area contributed by atoms with Gasteiger partial charge in [0.1, 0.15) is 0 Å². The van der Waals surface area contributed by atoms with Crippen LogP contribution >= 0.6 is 11.6 Å². The van der Waals surface area contributed by atoms with Crippen LogP contribution in [0.15, 0.2) is 18.2 Å². The number of carboxylic acids is 1. The molecule has 0 fully saturated rings. The first-order valence-electron chi connectivity index (χ1n) is 6.61. The van der Waals surface area contributed by atoms with Crippen LogP contribution in [-0.4, -0.2) is 22.5 Å². The van der Waals surface area contributed by atoms with Crippen molar-refractivity contribution in [1.29, 1.82) is 0 Å². The highest BCUT2D eigenvalue weighted by Crippen LogP contribution is 2.29. The Morgan fingerprint density at radius 1 is 1.43 bits per heavy atom. The maximum absolute atomic E-state index is 10.6. The minimum Gasteiger partial charge on any atom is -0.481 e. The second kappa shape index (κ2) is 7.26. The molecule has 116 valence electrons. The van der Waals surface area contributed by atoms with Crippen molar-refractivity contribution in [3.8, 4) is 0 Å². The molecule has 0 heterocycles. The van der Waals surface area contributed by atoms with E-state index in [2.05, 4.69) is 5.32 Å². The summed E-state index contributed by atoms with van der Waals surface area (Å²) in [5, 5.41) is 22.7. The van der Waals surface area contributed by atoms with Crippen molar-refractivity contribution in [1.82, 2.24) is 0 Å². The molecule has 0 aliphatic heterocycles. The molecular formula is C14H19ClN2O4. The van der Waals surface area contributed by atoms with Gasteiger partial charge in [-0.3, -0.25) is 14.9 Å². The summed E-state index contributed by atoms with van der Waals surface area (Å²) in [5.41, 5.74) is 0.488. The van der Waals surface area contributed by atoms with Gasteiger partial charge in [0.15, 0.2) is 0 Å². The van der Waals surface area contributed by atoms with E-state index >= 15 is 0 Å². The van der Waals surface area contributed by atoms with E-state index < -0.39 is 10.9 Å². The zero-order valence-electron chi connectivity index (χ0n) is 12.1. The van der Waals surface area contributed by atoms with E-state index in [1.54, 1.807) is 6.07 Å². The molecule has 0 spiro atoms. The molecule has 1 aromatic rings. The fourth-order valence-electron chi connectivity index (χ4n) is 1.87. The van der Waals surface area contributed by atoms with E-state index in [1.807, 2.05) is 13.8 Å². The van der Waals surface area contributed by atoms with Crippen LogP contribution in [0.2, 0.25) is 5.02 Å². The molecule has 21 heavy (non-hydrogen) atoms. The number of nitrogens with one attached hydrogen (secondary N) is 1. The number of non-ortho nitro benzene ring substituents is 1. The van der Waals surface area contributed by atoms with E-state index in [4.69, 9.17) is 16.7 Å². The number of carboxylic acid groups (broad SMARTS) is 1. The number of aliphatic carboxylic acids is 1. The van der Waals surface area contributed by atoms with Crippen molar-refractivity contribution in [2.24, 2.45) is 5.41 Å². The predicted molar refractivity (Wildman–Crippen MR) is 81.9 cm³/mol. The average Bonchev–Trinajstić information content (AvgIpc) is 2.38. The lowest BCUT2D eigenvalue weighted by Crippen LogP contribution is -2.18. The number of rotatable bonds is 8. The second-order valence-corrected chi connectivity index (χ2v) is 6.06. The van der Waals surface area contributed by atoms with Gasteiger partial charge in [-0.25, -0.2) is 0 Å². The number of nitrogens with zero attached hydrogens (tertiary/aromatic N) is 1. The first-order valence-corrected chi connectivity index (χ1v) is 6.99. The van der Waals surface area contributed by atoms with Crippen molar-refractivity contribution >= 4 is 28.9 Å². The van der Waals surface area contributed by atoms with Crippen LogP contribution in [0.25, 0.3) is 0 Å². The minimum atomic E-state index is -0.797. The van der Waals surface area contributed by atoms with Gasteiger partial charge in [-0.05, 0) is 24.3 Å². The quantitative estimate of drug-likeness (QED) is 0.560. The Balaban J connectivity index is 2.52. The summed E-state index contributed by atoms with van der Waals surface area (Å²) in [4.78, 5) is 20.7. The molecule has 6 nitrogen and oxygen atoms in total. The Labute approximate surface area is 128 Å². The molecule has 0 amide bonds. The zero-order valence-corrected chi connectivity index (χ0v) is 12.8. The molecule has 0 radical (unpaired) electrons. The van der Waals surface area contributed by atoms with Gasteiger partial charge in [0.2, 0.25) is 0 Å². The van der Waals surface area contributed by atoms with Gasteiger partial charge in [-0.2, -0.15) is 0 Å². The van der Waals surface area contributed by atoms with Crippen LogP contribution in [-0.2, 0) is 4.79 Å². The topological polar surface area (TPSA) is 92.5 Å². The van der Waals surface area contributed by atoms with Crippen LogP contribution in [0.4, 0.5) is 11.4 Å². The smallest absolute Gasteiger partial charge is 0.303 e. The van der Waals surface area contributed by atoms with Crippen LogP contribution < -0.4 is 5.32 Å². The molecule has 0 saturated carbocycles. The molecule has 0 atom stereocenters. The van der Waals surface area contributed by atoms with Gasteiger partial charge in [-0.1, -0.05) is 25.4 Å². The largest absolute Gasteiger partial charge is 0.481 e. The minimum absolute atomic E-state index is 0.0488. The van der Waals surface area contributed by atoms with Crippen LogP contribution in [0, 0.1) is 15.5 Å². The van der Waals surface area contributed by atoms with E-state index in [-0.39, 0.29) is 17.5 Å². The van der Waals surface area contributed by atoms with E-state index in [0.29, 0.717) is 23.7 Å². The number of carbonyl (C=O) groups is 1. The summed E-state index contributed by atoms with van der Waals surface area (Å²) >= 11 is 5.98. The third-order valence-corrected chi connectivity index (χ3v) is 3.61. The van der Waals surface area contributed by atoms with E-state index in [9.17, 15) is 14.9 Å². The highest BCUT2D eigenvalue weighted by molar-refractivity contribution is 6.33. The first kappa shape index (κ1) is 17.2. The summed E-state index contributed by atoms with van der Waals surface area (Å²) in [6, 6.07) is 4.27. The number of nitro groups is 1. The summed E-state index contributed by atoms with van der Waals surface area (Å²) in [5.74, 6) is -0.797. The standard InChI is InChI=1S/C14H19ClN2O4/c1-14(2,6-5-13(18)19)7-8-16-12-4-3-10(17(20)21)9-11(12)15/h3-4,9,16H,5-8H2,1-2H3,(H,18,19). The molecule has 0 unspecified atom stereocenters. The molecular weight excluding hydrogens is 296 g/mol. The van der Waals surface area contributed by atoms with Gasteiger partial charge in [-0.15, -0.1) is 0 Å². The lowest BCUT2D eigenvalue weighted by Gasteiger charge is -2.24.